The number of carbonyl (C=O) groups excluding carboxylic acids is 4. The minimum atomic E-state index is -0.114. The molecule has 0 aromatic carbocycles. The van der Waals surface area contributed by atoms with Crippen molar-refractivity contribution in [3.05, 3.63) is 0 Å². The van der Waals surface area contributed by atoms with Gasteiger partial charge in [-0.3, -0.25) is 19.2 Å². The molecule has 61 heavy (non-hydrogen) atoms. The lowest BCUT2D eigenvalue weighted by molar-refractivity contribution is -1.03. The van der Waals surface area contributed by atoms with Crippen molar-refractivity contribution in [2.24, 2.45) is 0 Å². The van der Waals surface area contributed by atoms with Crippen molar-refractivity contribution in [3.63, 3.8) is 0 Å². The van der Waals surface area contributed by atoms with Gasteiger partial charge in [-0.2, -0.15) is 0 Å². The first-order valence-corrected chi connectivity index (χ1v) is 28.2. The molecule has 6 heterocycles. The van der Waals surface area contributed by atoms with Crippen LogP contribution in [0.25, 0.3) is 0 Å². The lowest BCUT2D eigenvalue weighted by atomic mass is 10.1. The molecule has 4 amide bonds. The van der Waals surface area contributed by atoms with Crippen LogP contribution in [0.4, 0.5) is 0 Å². The lowest BCUT2D eigenvalue weighted by Gasteiger charge is -2.54. The molecule has 0 aromatic rings. The Kier molecular flexibility index (Phi) is 30.3. The number of alkyl halides is 8. The molecule has 6 aliphatic heterocycles. The zero-order valence-corrected chi connectivity index (χ0v) is 50.1. The largest absolute Gasteiger partial charge is 1.00 e. The molecular weight excluding hydrogens is 1410 g/mol. The van der Waals surface area contributed by atoms with Crippen LogP contribution >= 0.6 is 127 Å². The number of rotatable bonds is 8. The maximum atomic E-state index is 12.4. The number of nitrogens with zero attached hydrogens (tertiary/aromatic N) is 8. The van der Waals surface area contributed by atoms with E-state index < -0.39 is 0 Å². The summed E-state index contributed by atoms with van der Waals surface area (Å²) in [7, 11) is 0. The second-order valence-corrected chi connectivity index (χ2v) is 23.7. The molecule has 6 aliphatic rings. The molecule has 13 nitrogen and oxygen atoms in total. The summed E-state index contributed by atoms with van der Waals surface area (Å²) in [5, 5.41) is 2.64. The van der Waals surface area contributed by atoms with Crippen LogP contribution in [0.2, 0.25) is 0 Å². The molecule has 25 heteroatoms. The molecule has 0 bridgehead atoms. The summed E-state index contributed by atoms with van der Waals surface area (Å²) in [4.78, 5) is 57.2. The number of quaternary nitrogens is 4. The number of piperazine rings is 6. The first-order valence-electron chi connectivity index (χ1n) is 20.0. The molecule has 4 spiro atoms. The molecule has 0 radical (unpaired) electrons. The van der Waals surface area contributed by atoms with Crippen molar-refractivity contribution in [1.82, 2.24) is 19.6 Å². The van der Waals surface area contributed by atoms with E-state index in [1.807, 2.05) is 19.6 Å². The molecule has 4 unspecified atom stereocenters. The quantitative estimate of drug-likeness (QED) is 0.178. The Balaban J connectivity index is 0.00000109. The minimum Gasteiger partial charge on any atom is -1.00 e. The Morgan fingerprint density at radius 2 is 0.459 bits per heavy atom. The summed E-state index contributed by atoms with van der Waals surface area (Å²) < 4.78 is 4.67. The molecule has 360 valence electrons. The summed E-state index contributed by atoms with van der Waals surface area (Å²) in [5.41, 5.74) is 0. The number of hydrogen-bond donors (Lipinski definition) is 0. The zero-order chi connectivity index (χ0) is 40.7. The SMILES string of the molecule is O.O=C(C(Br)CBr)N1CC[N+]2(CC1)CC[N+]1(CCN(C(=O)C(Br)CBr)CC1)CC2.O=C(C(Br)CBr)N1CC[N+]2(CC1)CC[N+]1(CCN(C(=O)C(Br)CBr)CC1)CC2.[Cl-].[Cl-].[Cl-].[Cl-]. The van der Waals surface area contributed by atoms with Gasteiger partial charge in [0.1, 0.15) is 71.7 Å². The second-order valence-electron chi connectivity index (χ2n) is 16.7. The Morgan fingerprint density at radius 1 is 0.328 bits per heavy atom. The third-order valence-electron chi connectivity index (χ3n) is 13.8. The highest BCUT2D eigenvalue weighted by Crippen LogP contribution is 2.27. The molecule has 2 N–H and O–H groups in total. The van der Waals surface area contributed by atoms with Crippen LogP contribution in [0.5, 0.6) is 0 Å². The van der Waals surface area contributed by atoms with Gasteiger partial charge < -0.3 is 92.6 Å². The zero-order valence-electron chi connectivity index (χ0n) is 34.4. The maximum absolute atomic E-state index is 12.4. The van der Waals surface area contributed by atoms with Gasteiger partial charge in [0.25, 0.3) is 0 Å². The van der Waals surface area contributed by atoms with E-state index in [9.17, 15) is 19.2 Å². The van der Waals surface area contributed by atoms with Crippen molar-refractivity contribution < 1.29 is 92.2 Å². The standard InChI is InChI=1S/2C18H30Br4N4O2.4ClH.H2O/c2*19-13-15(21)17(27)23-1-5-25(6-2-23)9-11-26(12-10-25)7-3-24(4-8-26)18(28)16(22)14-20;;;;;/h2*15-16H,1-14H2;4*1H;1H2/q2*+2;;;;;/p-4. The van der Waals surface area contributed by atoms with E-state index in [-0.39, 0.29) is 98.0 Å². The monoisotopic (exact) mass is 1460 g/mol. The summed E-state index contributed by atoms with van der Waals surface area (Å²) in [6, 6.07) is 0. The molecule has 6 saturated heterocycles. The number of amides is 4. The Hall–Kier alpha value is 2.68. The van der Waals surface area contributed by atoms with Crippen molar-refractivity contribution in [3.8, 4) is 0 Å². The van der Waals surface area contributed by atoms with Crippen LogP contribution in [0, 0.1) is 0 Å². The molecule has 6 rings (SSSR count). The molecular formula is C36H62Br8Cl4N8O5. The normalized spacial score (nSPS) is 24.1. The highest BCUT2D eigenvalue weighted by molar-refractivity contribution is 9.13. The minimum absolute atomic E-state index is 0. The van der Waals surface area contributed by atoms with Crippen molar-refractivity contribution in [2.75, 3.05) is 178 Å². The third-order valence-corrected chi connectivity index (χ3v) is 22.7. The van der Waals surface area contributed by atoms with Gasteiger partial charge in [0.2, 0.25) is 23.6 Å². The van der Waals surface area contributed by atoms with E-state index >= 15 is 0 Å². The van der Waals surface area contributed by atoms with Crippen LogP contribution in [-0.4, -0.2) is 264 Å². The third kappa shape index (κ3) is 16.4. The molecule has 0 aromatic heterocycles. The Morgan fingerprint density at radius 3 is 0.574 bits per heavy atom. The first-order chi connectivity index (χ1) is 26.7. The topological polar surface area (TPSA) is 113 Å². The summed E-state index contributed by atoms with van der Waals surface area (Å²) >= 11 is 27.4. The Labute approximate surface area is 455 Å². The van der Waals surface area contributed by atoms with Gasteiger partial charge in [-0.1, -0.05) is 127 Å². The smallest absolute Gasteiger partial charge is 0.237 e. The molecule has 0 aliphatic carbocycles. The van der Waals surface area contributed by atoms with Crippen LogP contribution in [-0.2, 0) is 19.2 Å². The lowest BCUT2D eigenvalue weighted by Crippen LogP contribution is -3.00. The highest BCUT2D eigenvalue weighted by atomic mass is 79.9. The van der Waals surface area contributed by atoms with Crippen LogP contribution in [0.15, 0.2) is 0 Å². The molecule has 6 fully saturated rings. The fourth-order valence-corrected chi connectivity index (χ4v) is 11.7. The van der Waals surface area contributed by atoms with Gasteiger partial charge in [0.05, 0.1) is 105 Å². The predicted molar refractivity (Wildman–Crippen MR) is 255 cm³/mol. The summed E-state index contributed by atoms with van der Waals surface area (Å²) in [6.07, 6.45) is 0. The van der Waals surface area contributed by atoms with Crippen LogP contribution in [0.3, 0.4) is 0 Å². The first kappa shape index (κ1) is 63.7. The summed E-state index contributed by atoms with van der Waals surface area (Å²) in [5.74, 6) is 0.850. The average Bonchev–Trinajstić information content (AvgIpc) is 3.25. The van der Waals surface area contributed by atoms with E-state index in [0.717, 1.165) is 105 Å². The van der Waals surface area contributed by atoms with Crippen molar-refractivity contribution in [2.45, 2.75) is 19.3 Å². The average molecular weight is 1470 g/mol. The van der Waals surface area contributed by atoms with E-state index in [0.29, 0.717) is 21.3 Å². The fraction of sp³-hybridized carbons (Fsp3) is 0.889. The van der Waals surface area contributed by atoms with Crippen molar-refractivity contribution >= 4 is 151 Å². The number of carbonyl (C=O) groups is 4. The number of halogens is 12. The molecule has 4 atom stereocenters. The number of hydrogen-bond acceptors (Lipinski definition) is 4. The summed E-state index contributed by atoms with van der Waals surface area (Å²) in [6.45, 7) is 25.2. The van der Waals surface area contributed by atoms with E-state index in [4.69, 9.17) is 0 Å². The van der Waals surface area contributed by atoms with Crippen LogP contribution in [0.1, 0.15) is 0 Å². The highest BCUT2D eigenvalue weighted by Gasteiger charge is 2.48. The van der Waals surface area contributed by atoms with Crippen LogP contribution < -0.4 is 49.6 Å². The second kappa shape index (κ2) is 29.0. The van der Waals surface area contributed by atoms with E-state index in [1.54, 1.807) is 0 Å². The van der Waals surface area contributed by atoms with Gasteiger partial charge in [-0.25, -0.2) is 0 Å². The predicted octanol–water partition coefficient (Wildman–Crippen LogP) is -9.54. The Bertz CT molecular complexity index is 1160. The maximum Gasteiger partial charge on any atom is 0.237 e. The van der Waals surface area contributed by atoms with Gasteiger partial charge >= 0.3 is 0 Å². The van der Waals surface area contributed by atoms with Gasteiger partial charge in [-0.05, 0) is 0 Å². The van der Waals surface area contributed by atoms with Gasteiger partial charge in [-0.15, -0.1) is 0 Å². The molecule has 0 saturated carbocycles. The van der Waals surface area contributed by atoms with E-state index in [2.05, 4.69) is 127 Å². The van der Waals surface area contributed by atoms with Gasteiger partial charge in [0.15, 0.2) is 0 Å². The van der Waals surface area contributed by atoms with Gasteiger partial charge in [0, 0.05) is 21.3 Å². The fourth-order valence-electron chi connectivity index (χ4n) is 9.43. The van der Waals surface area contributed by atoms with Crippen molar-refractivity contribution in [1.29, 1.82) is 0 Å². The van der Waals surface area contributed by atoms with E-state index in [1.165, 1.54) is 70.3 Å².